The lowest BCUT2D eigenvalue weighted by atomic mass is 10.0. The number of rotatable bonds is 55. The first kappa shape index (κ1) is 71.5. The molecule has 0 aliphatic rings. The number of hydrogen-bond donors (Lipinski definition) is 0. The van der Waals surface area contributed by atoms with Crippen LogP contribution in [0.5, 0.6) is 0 Å². The maximum Gasteiger partial charge on any atom is 0.306 e. The molecule has 6 heteroatoms. The van der Waals surface area contributed by atoms with Gasteiger partial charge in [-0.05, 0) is 116 Å². The van der Waals surface area contributed by atoms with Crippen molar-refractivity contribution in [3.63, 3.8) is 0 Å². The van der Waals surface area contributed by atoms with Crippen molar-refractivity contribution in [2.45, 2.75) is 277 Å². The van der Waals surface area contributed by atoms with Crippen LogP contribution >= 0.6 is 0 Å². The summed E-state index contributed by atoms with van der Waals surface area (Å²) in [7, 11) is 0. The Morgan fingerprint density at radius 1 is 0.276 bits per heavy atom. The monoisotopic (exact) mass is 1050 g/mol. The molecule has 0 saturated carbocycles. The highest BCUT2D eigenvalue weighted by Gasteiger charge is 2.19. The van der Waals surface area contributed by atoms with Crippen LogP contribution in [0, 0.1) is 0 Å². The summed E-state index contributed by atoms with van der Waals surface area (Å²) in [4.78, 5) is 38.3. The molecule has 0 heterocycles. The lowest BCUT2D eigenvalue weighted by Gasteiger charge is -2.18. The number of unbranched alkanes of at least 4 members (excludes halogenated alkanes) is 22. The lowest BCUT2D eigenvalue weighted by molar-refractivity contribution is -0.167. The number of esters is 3. The van der Waals surface area contributed by atoms with Crippen molar-refractivity contribution in [2.75, 3.05) is 13.2 Å². The molecule has 0 saturated heterocycles. The van der Waals surface area contributed by atoms with Gasteiger partial charge in [0.05, 0.1) is 0 Å². The van der Waals surface area contributed by atoms with Crippen molar-refractivity contribution in [2.24, 2.45) is 0 Å². The maximum absolute atomic E-state index is 12.9. The standard InChI is InChI=1S/C70H114O6/c1-4-7-10-13-16-19-22-25-28-31-32-33-34-35-36-37-38-40-42-45-48-51-54-57-60-63-69(72)75-66-67(65-74-68(71)62-59-56-53-50-47-44-41-30-27-24-21-18-15-12-9-6-3)76-70(73)64-61-58-55-52-49-46-43-39-29-26-23-20-17-14-11-8-5-2/h7-8,10-11,16-17,19-20,25-26,28-29,32-33,35-36,38,40,43,45-46,48,67H,4-6,9,12-15,18,21-24,27,30-31,34,37,39,41-42,44,47,49-66H2,1-3H3/b10-7-,11-8-,19-16-,20-17-,28-25-,29-26-,33-32-,36-35-,40-38-,46-43-,48-45-. The SMILES string of the molecule is CC/C=C\C/C=C\C/C=C\C/C=C\C/C=C\C/C=C\C/C=C\CCCCCC(=O)OCC(COC(=O)CCCCCCCCCCCCCCCCCC)OC(=O)CCCCCC/C=C\C/C=C\C/C=C\C/C=C\CC. The molecule has 0 aromatic rings. The van der Waals surface area contributed by atoms with Crippen molar-refractivity contribution in [3.8, 4) is 0 Å². The largest absolute Gasteiger partial charge is 0.462 e. The number of carbonyl (C=O) groups excluding carboxylic acids is 3. The second-order valence-electron chi connectivity index (χ2n) is 20.2. The topological polar surface area (TPSA) is 78.9 Å². The molecule has 430 valence electrons. The van der Waals surface area contributed by atoms with E-state index < -0.39 is 6.10 Å². The second kappa shape index (κ2) is 63.1. The van der Waals surface area contributed by atoms with Crippen LogP contribution in [0.2, 0.25) is 0 Å². The molecule has 76 heavy (non-hydrogen) atoms. The zero-order chi connectivity index (χ0) is 55.0. The van der Waals surface area contributed by atoms with Gasteiger partial charge in [-0.15, -0.1) is 0 Å². The fraction of sp³-hybridized carbons (Fsp3) is 0.643. The van der Waals surface area contributed by atoms with Gasteiger partial charge in [0.25, 0.3) is 0 Å². The molecular formula is C70H114O6. The van der Waals surface area contributed by atoms with Gasteiger partial charge in [-0.2, -0.15) is 0 Å². The zero-order valence-corrected chi connectivity index (χ0v) is 49.2. The van der Waals surface area contributed by atoms with Crippen molar-refractivity contribution in [1.29, 1.82) is 0 Å². The van der Waals surface area contributed by atoms with E-state index in [1.165, 1.54) is 83.5 Å². The van der Waals surface area contributed by atoms with E-state index in [1.54, 1.807) is 0 Å². The van der Waals surface area contributed by atoms with Crippen LogP contribution in [0.15, 0.2) is 134 Å². The molecular weight excluding hydrogens is 937 g/mol. The molecule has 0 aliphatic heterocycles. The molecule has 1 atom stereocenters. The van der Waals surface area contributed by atoms with Crippen LogP contribution in [0.4, 0.5) is 0 Å². The van der Waals surface area contributed by atoms with Gasteiger partial charge in [-0.1, -0.05) is 270 Å². The summed E-state index contributed by atoms with van der Waals surface area (Å²) in [6.07, 6.45) is 88.7. The quantitative estimate of drug-likeness (QED) is 0.0261. The first-order valence-corrected chi connectivity index (χ1v) is 31.2. The molecule has 1 unspecified atom stereocenters. The minimum Gasteiger partial charge on any atom is -0.462 e. The van der Waals surface area contributed by atoms with Gasteiger partial charge in [-0.3, -0.25) is 14.4 Å². The minimum atomic E-state index is -0.810. The first-order valence-electron chi connectivity index (χ1n) is 31.2. The molecule has 0 N–H and O–H groups in total. The van der Waals surface area contributed by atoms with Crippen molar-refractivity contribution in [3.05, 3.63) is 134 Å². The summed E-state index contributed by atoms with van der Waals surface area (Å²) < 4.78 is 16.9. The molecule has 0 spiro atoms. The van der Waals surface area contributed by atoms with Gasteiger partial charge in [0.2, 0.25) is 0 Å². The van der Waals surface area contributed by atoms with E-state index in [0.29, 0.717) is 12.8 Å². The Hall–Kier alpha value is -4.45. The summed E-state index contributed by atoms with van der Waals surface area (Å²) in [5.74, 6) is -0.956. The van der Waals surface area contributed by atoms with Crippen molar-refractivity contribution in [1.82, 2.24) is 0 Å². The van der Waals surface area contributed by atoms with E-state index in [4.69, 9.17) is 14.2 Å². The fourth-order valence-corrected chi connectivity index (χ4v) is 8.30. The third-order valence-corrected chi connectivity index (χ3v) is 12.9. The Bertz CT molecular complexity index is 1630. The van der Waals surface area contributed by atoms with Crippen LogP contribution < -0.4 is 0 Å². The Kier molecular flexibility index (Phi) is 59.4. The summed E-state index contributed by atoms with van der Waals surface area (Å²) in [6.45, 7) is 6.38. The van der Waals surface area contributed by atoms with Gasteiger partial charge < -0.3 is 14.2 Å². The zero-order valence-electron chi connectivity index (χ0n) is 49.2. The van der Waals surface area contributed by atoms with E-state index in [0.717, 1.165) is 148 Å². The van der Waals surface area contributed by atoms with Crippen molar-refractivity contribution >= 4 is 17.9 Å². The van der Waals surface area contributed by atoms with Gasteiger partial charge >= 0.3 is 17.9 Å². The maximum atomic E-state index is 12.9. The Balaban J connectivity index is 4.48. The van der Waals surface area contributed by atoms with Gasteiger partial charge in [0.1, 0.15) is 13.2 Å². The fourth-order valence-electron chi connectivity index (χ4n) is 8.30. The highest BCUT2D eigenvalue weighted by atomic mass is 16.6. The Morgan fingerprint density at radius 3 is 0.816 bits per heavy atom. The molecule has 6 nitrogen and oxygen atoms in total. The summed E-state index contributed by atoms with van der Waals surface area (Å²) in [6, 6.07) is 0. The van der Waals surface area contributed by atoms with E-state index in [1.807, 2.05) is 0 Å². The van der Waals surface area contributed by atoms with Gasteiger partial charge in [0.15, 0.2) is 6.10 Å². The smallest absolute Gasteiger partial charge is 0.306 e. The predicted octanol–water partition coefficient (Wildman–Crippen LogP) is 21.4. The van der Waals surface area contributed by atoms with Crippen LogP contribution in [0.25, 0.3) is 0 Å². The average molecular weight is 1050 g/mol. The van der Waals surface area contributed by atoms with Crippen molar-refractivity contribution < 1.29 is 28.6 Å². The summed E-state index contributed by atoms with van der Waals surface area (Å²) >= 11 is 0. The number of carbonyl (C=O) groups is 3. The number of ether oxygens (including phenoxy) is 3. The summed E-state index contributed by atoms with van der Waals surface area (Å²) in [5, 5.41) is 0. The average Bonchev–Trinajstić information content (AvgIpc) is 3.42. The third kappa shape index (κ3) is 60.4. The van der Waals surface area contributed by atoms with Gasteiger partial charge in [-0.25, -0.2) is 0 Å². The number of allylic oxidation sites excluding steroid dienone is 22. The molecule has 0 fully saturated rings. The highest BCUT2D eigenvalue weighted by molar-refractivity contribution is 5.71. The molecule has 0 aliphatic carbocycles. The lowest BCUT2D eigenvalue weighted by Crippen LogP contribution is -2.30. The first-order chi connectivity index (χ1) is 37.5. The third-order valence-electron chi connectivity index (χ3n) is 12.9. The summed E-state index contributed by atoms with van der Waals surface area (Å²) in [5.41, 5.74) is 0. The minimum absolute atomic E-state index is 0.101. The van der Waals surface area contributed by atoms with E-state index in [-0.39, 0.29) is 37.5 Å². The Labute approximate surface area is 468 Å². The highest BCUT2D eigenvalue weighted by Crippen LogP contribution is 2.15. The molecule has 0 aromatic heterocycles. The molecule has 0 radical (unpaired) electrons. The number of hydrogen-bond acceptors (Lipinski definition) is 6. The molecule has 0 aromatic carbocycles. The van der Waals surface area contributed by atoms with E-state index in [2.05, 4.69) is 154 Å². The Morgan fingerprint density at radius 2 is 0.513 bits per heavy atom. The molecule has 0 bridgehead atoms. The molecule has 0 rings (SSSR count). The van der Waals surface area contributed by atoms with Crippen LogP contribution in [-0.4, -0.2) is 37.2 Å². The van der Waals surface area contributed by atoms with E-state index in [9.17, 15) is 14.4 Å². The molecule has 0 amide bonds. The second-order valence-corrected chi connectivity index (χ2v) is 20.2. The van der Waals surface area contributed by atoms with Crippen LogP contribution in [0.1, 0.15) is 271 Å². The van der Waals surface area contributed by atoms with Gasteiger partial charge in [0, 0.05) is 19.3 Å². The normalized spacial score (nSPS) is 13.0. The van der Waals surface area contributed by atoms with Crippen LogP contribution in [0.3, 0.4) is 0 Å². The predicted molar refractivity (Wildman–Crippen MR) is 329 cm³/mol. The van der Waals surface area contributed by atoms with E-state index >= 15 is 0 Å². The van der Waals surface area contributed by atoms with Crippen LogP contribution in [-0.2, 0) is 28.6 Å².